The van der Waals surface area contributed by atoms with E-state index in [1.165, 1.54) is 16.7 Å². The topological polar surface area (TPSA) is 131 Å². The zero-order valence-corrected chi connectivity index (χ0v) is 20.2. The Hall–Kier alpha value is -3.43. The molecular formula is C26H35FN6O2. The predicted octanol–water partition coefficient (Wildman–Crippen LogP) is 1.89. The molecule has 0 saturated carbocycles. The molecular weight excluding hydrogens is 447 g/mol. The lowest BCUT2D eigenvalue weighted by atomic mass is 9.95. The number of carbonyl (C=O) groups excluding carboxylic acids is 2. The van der Waals surface area contributed by atoms with Gasteiger partial charge in [-0.1, -0.05) is 68.4 Å². The molecule has 188 valence electrons. The molecule has 2 aromatic carbocycles. The van der Waals surface area contributed by atoms with E-state index in [1.807, 2.05) is 54.6 Å². The van der Waals surface area contributed by atoms with Gasteiger partial charge in [-0.25, -0.2) is 10.2 Å². The summed E-state index contributed by atoms with van der Waals surface area (Å²) in [6, 6.07) is 16.2. The SMILES string of the molecule is CC(C)c1ccc([C@@H](NC(=O)[C@@H]2C[C@@H](F)CN2C(=O)CN(N)/C(=C\N)CN)c2ccccc2)cc1. The van der Waals surface area contributed by atoms with E-state index in [-0.39, 0.29) is 26.1 Å². The number of halogens is 1. The van der Waals surface area contributed by atoms with E-state index in [0.717, 1.165) is 16.1 Å². The Morgan fingerprint density at radius 3 is 2.29 bits per heavy atom. The lowest BCUT2D eigenvalue weighted by molar-refractivity contribution is -0.139. The first-order chi connectivity index (χ1) is 16.7. The molecule has 8 nitrogen and oxygen atoms in total. The summed E-state index contributed by atoms with van der Waals surface area (Å²) in [6.45, 7) is 3.84. The number of nitrogens with two attached hydrogens (primary N) is 3. The summed E-state index contributed by atoms with van der Waals surface area (Å²) in [5.41, 5.74) is 14.4. The molecule has 1 saturated heterocycles. The van der Waals surface area contributed by atoms with Crippen LogP contribution in [-0.2, 0) is 9.59 Å². The van der Waals surface area contributed by atoms with Crippen molar-refractivity contribution in [3.05, 3.63) is 83.2 Å². The van der Waals surface area contributed by atoms with E-state index in [1.54, 1.807) is 0 Å². The maximum Gasteiger partial charge on any atom is 0.244 e. The molecule has 35 heavy (non-hydrogen) atoms. The molecule has 0 unspecified atom stereocenters. The third kappa shape index (κ3) is 6.37. The van der Waals surface area contributed by atoms with Gasteiger partial charge in [0.05, 0.1) is 18.3 Å². The molecule has 1 aliphatic heterocycles. The van der Waals surface area contributed by atoms with E-state index in [2.05, 4.69) is 19.2 Å². The number of hydrogen-bond donors (Lipinski definition) is 4. The molecule has 1 aliphatic rings. The van der Waals surface area contributed by atoms with Crippen LogP contribution in [0.1, 0.15) is 48.9 Å². The number of carbonyl (C=O) groups is 2. The average molecular weight is 483 g/mol. The maximum absolute atomic E-state index is 14.4. The lowest BCUT2D eigenvalue weighted by Gasteiger charge is -2.29. The standard InChI is InChI=1S/C26H35FN6O2/c1-17(2)18-8-10-20(11-9-18)25(19-6-4-3-5-7-19)31-26(35)23-12-21(27)15-32(23)24(34)16-33(30)22(13-28)14-29/h3-11,13,17,21,23,25H,12,14-16,28-30H2,1-2H3,(H,31,35)/b22-13-/t21-,23+,25+/m1/s1. The van der Waals surface area contributed by atoms with Gasteiger partial charge in [-0.2, -0.15) is 0 Å². The van der Waals surface area contributed by atoms with E-state index < -0.39 is 30.1 Å². The minimum absolute atomic E-state index is 0.0459. The Bertz CT molecular complexity index is 1030. The predicted molar refractivity (Wildman–Crippen MR) is 134 cm³/mol. The number of amides is 2. The smallest absolute Gasteiger partial charge is 0.244 e. The molecule has 7 N–H and O–H groups in total. The number of hydrazine groups is 1. The zero-order chi connectivity index (χ0) is 25.5. The first-order valence-corrected chi connectivity index (χ1v) is 11.8. The summed E-state index contributed by atoms with van der Waals surface area (Å²) in [6.07, 6.45) is -0.165. The molecule has 3 atom stereocenters. The van der Waals surface area contributed by atoms with Gasteiger partial charge < -0.3 is 26.7 Å². The van der Waals surface area contributed by atoms with Crippen LogP contribution in [0, 0.1) is 0 Å². The normalized spacial score (nSPS) is 19.0. The summed E-state index contributed by atoms with van der Waals surface area (Å²) < 4.78 is 14.4. The zero-order valence-electron chi connectivity index (χ0n) is 20.2. The Kier molecular flexibility index (Phi) is 8.84. The molecule has 0 aromatic heterocycles. The van der Waals surface area contributed by atoms with Crippen LogP contribution in [-0.4, -0.2) is 53.6 Å². The third-order valence-corrected chi connectivity index (χ3v) is 6.31. The molecule has 9 heteroatoms. The summed E-state index contributed by atoms with van der Waals surface area (Å²) in [7, 11) is 0. The first kappa shape index (κ1) is 26.2. The van der Waals surface area contributed by atoms with Crippen molar-refractivity contribution < 1.29 is 14.0 Å². The Balaban J connectivity index is 1.82. The van der Waals surface area contributed by atoms with Gasteiger partial charge in [0.1, 0.15) is 18.8 Å². The number of benzene rings is 2. The molecule has 0 aliphatic carbocycles. The highest BCUT2D eigenvalue weighted by Gasteiger charge is 2.40. The minimum Gasteiger partial charge on any atom is -0.403 e. The van der Waals surface area contributed by atoms with Gasteiger partial charge in [-0.05, 0) is 22.6 Å². The summed E-state index contributed by atoms with van der Waals surface area (Å²) in [5.74, 6) is 5.38. The number of alkyl halides is 1. The van der Waals surface area contributed by atoms with E-state index in [4.69, 9.17) is 17.3 Å². The van der Waals surface area contributed by atoms with Gasteiger partial charge in [0, 0.05) is 19.2 Å². The molecule has 2 amide bonds. The number of nitrogens with zero attached hydrogens (tertiary/aromatic N) is 2. The van der Waals surface area contributed by atoms with Crippen LogP contribution < -0.4 is 22.6 Å². The van der Waals surface area contributed by atoms with Crippen LogP contribution in [0.2, 0.25) is 0 Å². The van der Waals surface area contributed by atoms with Crippen molar-refractivity contribution in [1.29, 1.82) is 0 Å². The van der Waals surface area contributed by atoms with Crippen molar-refractivity contribution in [2.24, 2.45) is 17.3 Å². The van der Waals surface area contributed by atoms with Gasteiger partial charge in [0.25, 0.3) is 0 Å². The number of hydrogen-bond acceptors (Lipinski definition) is 6. The fourth-order valence-electron chi connectivity index (χ4n) is 4.24. The van der Waals surface area contributed by atoms with Gasteiger partial charge >= 0.3 is 0 Å². The van der Waals surface area contributed by atoms with Crippen molar-refractivity contribution in [3.8, 4) is 0 Å². The van der Waals surface area contributed by atoms with Crippen molar-refractivity contribution in [1.82, 2.24) is 15.2 Å². The van der Waals surface area contributed by atoms with Gasteiger partial charge in [-0.15, -0.1) is 0 Å². The molecule has 3 rings (SSSR count). The first-order valence-electron chi connectivity index (χ1n) is 11.8. The molecule has 0 radical (unpaired) electrons. The molecule has 1 heterocycles. The van der Waals surface area contributed by atoms with E-state index >= 15 is 0 Å². The van der Waals surface area contributed by atoms with Crippen LogP contribution >= 0.6 is 0 Å². The molecule has 1 fully saturated rings. The monoisotopic (exact) mass is 482 g/mol. The number of likely N-dealkylation sites (tertiary alicyclic amines) is 1. The summed E-state index contributed by atoms with van der Waals surface area (Å²) in [5, 5.41) is 4.17. The Labute approximate surface area is 205 Å². The van der Waals surface area contributed by atoms with Crippen LogP contribution in [0.15, 0.2) is 66.5 Å². The molecule has 0 spiro atoms. The van der Waals surface area contributed by atoms with Crippen LogP contribution in [0.25, 0.3) is 0 Å². The minimum atomic E-state index is -1.31. The highest BCUT2D eigenvalue weighted by atomic mass is 19.1. The Morgan fingerprint density at radius 2 is 1.71 bits per heavy atom. The summed E-state index contributed by atoms with van der Waals surface area (Å²) in [4.78, 5) is 27.6. The highest BCUT2D eigenvalue weighted by Crippen LogP contribution is 2.27. The van der Waals surface area contributed by atoms with Crippen LogP contribution in [0.3, 0.4) is 0 Å². The van der Waals surface area contributed by atoms with Crippen molar-refractivity contribution >= 4 is 11.8 Å². The van der Waals surface area contributed by atoms with Gasteiger partial charge in [0.15, 0.2) is 0 Å². The second-order valence-electron chi connectivity index (χ2n) is 9.06. The molecule has 0 bridgehead atoms. The lowest BCUT2D eigenvalue weighted by Crippen LogP contribution is -2.51. The number of nitrogens with one attached hydrogen (secondary N) is 1. The van der Waals surface area contributed by atoms with Crippen molar-refractivity contribution in [3.63, 3.8) is 0 Å². The average Bonchev–Trinajstić information content (AvgIpc) is 3.25. The molecule has 2 aromatic rings. The third-order valence-electron chi connectivity index (χ3n) is 6.31. The second-order valence-corrected chi connectivity index (χ2v) is 9.06. The second kappa shape index (κ2) is 11.8. The largest absolute Gasteiger partial charge is 0.403 e. The fourth-order valence-corrected chi connectivity index (χ4v) is 4.24. The Morgan fingerprint density at radius 1 is 1.11 bits per heavy atom. The van der Waals surface area contributed by atoms with Crippen molar-refractivity contribution in [2.75, 3.05) is 19.6 Å². The quantitative estimate of drug-likeness (QED) is 0.319. The van der Waals surface area contributed by atoms with Crippen molar-refractivity contribution in [2.45, 2.75) is 44.4 Å². The van der Waals surface area contributed by atoms with Gasteiger partial charge in [0.2, 0.25) is 11.8 Å². The van der Waals surface area contributed by atoms with Crippen LogP contribution in [0.5, 0.6) is 0 Å². The highest BCUT2D eigenvalue weighted by molar-refractivity contribution is 5.89. The van der Waals surface area contributed by atoms with Gasteiger partial charge in [-0.3, -0.25) is 9.59 Å². The summed E-state index contributed by atoms with van der Waals surface area (Å²) >= 11 is 0. The number of rotatable bonds is 9. The van der Waals surface area contributed by atoms with E-state index in [0.29, 0.717) is 11.6 Å². The maximum atomic E-state index is 14.4. The van der Waals surface area contributed by atoms with E-state index in [9.17, 15) is 14.0 Å². The van der Waals surface area contributed by atoms with Crippen LogP contribution in [0.4, 0.5) is 4.39 Å². The fraction of sp³-hybridized carbons (Fsp3) is 0.385.